The summed E-state index contributed by atoms with van der Waals surface area (Å²) in [5.41, 5.74) is -2.68. The van der Waals surface area contributed by atoms with Crippen LogP contribution in [0.1, 0.15) is 190 Å². The molecule has 1 aromatic rings. The third-order valence-electron chi connectivity index (χ3n) is 8.60. The lowest BCUT2D eigenvalue weighted by Crippen LogP contribution is -2.44. The van der Waals surface area contributed by atoms with Crippen LogP contribution in [-0.2, 0) is 15.2 Å². The number of pyridine rings is 1. The number of aromatic hydroxyl groups is 1. The Morgan fingerprint density at radius 3 is 1.33 bits per heavy atom. The molecule has 1 rings (SSSR count). The van der Waals surface area contributed by atoms with Crippen LogP contribution in [0.4, 0.5) is 0 Å². The number of carbonyl (C=O) groups excluding carboxylic acids is 3. The molecule has 6 heteroatoms. The zero-order valence-corrected chi connectivity index (χ0v) is 27.2. The van der Waals surface area contributed by atoms with Crippen molar-refractivity contribution >= 4 is 17.9 Å². The van der Waals surface area contributed by atoms with Gasteiger partial charge < -0.3 is 10.2 Å². The fraction of sp³-hybridized carbons (Fsp3) is 0.778. The number of carbonyl (C=O) groups is 3. The maximum absolute atomic E-state index is 13.4. The summed E-state index contributed by atoms with van der Waals surface area (Å²) in [4.78, 5) is 42.8. The Kier molecular flexibility index (Phi) is 21.1. The maximum atomic E-state index is 13.4. The number of unbranched alkanes of at least 4 members (excludes halogenated alkanes) is 20. The smallest absolute Gasteiger partial charge is 0.209 e. The first-order valence-electron chi connectivity index (χ1n) is 17.3. The normalized spacial score (nSPS) is 11.6. The molecule has 0 radical (unpaired) electrons. The third-order valence-corrected chi connectivity index (χ3v) is 8.60. The van der Waals surface area contributed by atoms with Crippen molar-refractivity contribution in [3.05, 3.63) is 23.0 Å². The number of aliphatic hydroxyl groups is 1. The van der Waals surface area contributed by atoms with E-state index >= 15 is 0 Å². The quantitative estimate of drug-likeness (QED) is 0.0574. The predicted molar refractivity (Wildman–Crippen MR) is 172 cm³/mol. The average molecular weight is 588 g/mol. The molecular formula is C36H61NO5. The number of Topliss-reactive ketones (excluding diaryl/α,β-unsaturated/α-hetero) is 2. The van der Waals surface area contributed by atoms with Crippen molar-refractivity contribution in [2.75, 3.05) is 0 Å². The molecule has 0 aromatic carbocycles. The van der Waals surface area contributed by atoms with E-state index in [2.05, 4.69) is 18.8 Å². The number of hydrogen-bond donors (Lipinski definition) is 2. The molecule has 42 heavy (non-hydrogen) atoms. The van der Waals surface area contributed by atoms with Crippen LogP contribution in [0, 0.1) is 6.92 Å². The number of nitrogens with zero attached hydrogens (tertiary/aromatic N) is 1. The number of ketones is 2. The summed E-state index contributed by atoms with van der Waals surface area (Å²) in [5.74, 6) is -1.62. The van der Waals surface area contributed by atoms with Crippen LogP contribution in [-0.4, -0.2) is 33.0 Å². The minimum atomic E-state index is -2.47. The lowest BCUT2D eigenvalue weighted by Gasteiger charge is -2.27. The molecule has 0 spiro atoms. The lowest BCUT2D eigenvalue weighted by molar-refractivity contribution is -0.152. The van der Waals surface area contributed by atoms with Gasteiger partial charge in [0, 0.05) is 24.6 Å². The van der Waals surface area contributed by atoms with Gasteiger partial charge in [-0.1, -0.05) is 142 Å². The Hall–Kier alpha value is -2.08. The Labute approximate surface area is 256 Å². The zero-order valence-electron chi connectivity index (χ0n) is 27.2. The molecule has 6 nitrogen and oxygen atoms in total. The molecule has 1 heterocycles. The van der Waals surface area contributed by atoms with E-state index in [1.807, 2.05) is 0 Å². The van der Waals surface area contributed by atoms with E-state index in [4.69, 9.17) is 0 Å². The first kappa shape index (κ1) is 37.9. The van der Waals surface area contributed by atoms with Gasteiger partial charge >= 0.3 is 0 Å². The summed E-state index contributed by atoms with van der Waals surface area (Å²) in [7, 11) is 0. The molecule has 240 valence electrons. The third kappa shape index (κ3) is 13.9. The van der Waals surface area contributed by atoms with E-state index in [0.29, 0.717) is 19.1 Å². The van der Waals surface area contributed by atoms with Gasteiger partial charge in [0.15, 0.2) is 17.9 Å². The summed E-state index contributed by atoms with van der Waals surface area (Å²) in [6.45, 7) is 5.98. The fourth-order valence-corrected chi connectivity index (χ4v) is 5.74. The van der Waals surface area contributed by atoms with Crippen molar-refractivity contribution in [2.24, 2.45) is 0 Å². The Morgan fingerprint density at radius 2 is 1.00 bits per heavy atom. The second-order valence-corrected chi connectivity index (χ2v) is 12.3. The van der Waals surface area contributed by atoms with Gasteiger partial charge in [0.25, 0.3) is 0 Å². The van der Waals surface area contributed by atoms with Crippen LogP contribution in [0.25, 0.3) is 0 Å². The summed E-state index contributed by atoms with van der Waals surface area (Å²) in [5, 5.41) is 22.1. The first-order chi connectivity index (χ1) is 20.3. The Morgan fingerprint density at radius 1 is 0.667 bits per heavy atom. The second kappa shape index (κ2) is 23.4. The van der Waals surface area contributed by atoms with E-state index in [0.717, 1.165) is 38.5 Å². The van der Waals surface area contributed by atoms with Crippen LogP contribution in [0.15, 0.2) is 6.20 Å². The van der Waals surface area contributed by atoms with Gasteiger partial charge in [-0.25, -0.2) is 0 Å². The van der Waals surface area contributed by atoms with Crippen LogP contribution >= 0.6 is 0 Å². The molecule has 0 saturated carbocycles. The molecule has 0 bridgehead atoms. The number of aldehydes is 1. The summed E-state index contributed by atoms with van der Waals surface area (Å²) >= 11 is 0. The monoisotopic (exact) mass is 587 g/mol. The minimum absolute atomic E-state index is 0.0461. The molecule has 0 atom stereocenters. The van der Waals surface area contributed by atoms with Crippen molar-refractivity contribution in [3.63, 3.8) is 0 Å². The van der Waals surface area contributed by atoms with Crippen LogP contribution in [0.3, 0.4) is 0 Å². The highest BCUT2D eigenvalue weighted by atomic mass is 16.3. The highest BCUT2D eigenvalue weighted by molar-refractivity contribution is 6.12. The standard InChI is InChI=1S/C36H61NO5/c1-4-6-8-10-12-14-16-18-20-22-24-26-33(39)36(42,32-28-37-30(3)35(41)31(32)29-38)34(40)27-25-23-21-19-17-15-13-11-9-7-5-2/h28-29,41-42H,4-27H2,1-3H3. The van der Waals surface area contributed by atoms with Gasteiger partial charge in [0.05, 0.1) is 11.3 Å². The van der Waals surface area contributed by atoms with E-state index in [1.54, 1.807) is 0 Å². The SMILES string of the molecule is CCCCCCCCCCCCCC(=O)C(O)(C(=O)CCCCCCCCCCCCC)c1cnc(C)c(O)c1C=O. The van der Waals surface area contributed by atoms with E-state index in [9.17, 15) is 24.6 Å². The lowest BCUT2D eigenvalue weighted by atomic mass is 9.80. The van der Waals surface area contributed by atoms with Crippen molar-refractivity contribution < 1.29 is 24.6 Å². The Balaban J connectivity index is 2.63. The molecule has 0 saturated heterocycles. The van der Waals surface area contributed by atoms with Gasteiger partial charge in [-0.2, -0.15) is 0 Å². The Bertz CT molecular complexity index is 859. The fourth-order valence-electron chi connectivity index (χ4n) is 5.74. The largest absolute Gasteiger partial charge is 0.505 e. The summed E-state index contributed by atoms with van der Waals surface area (Å²) in [6, 6.07) is 0. The maximum Gasteiger partial charge on any atom is 0.209 e. The van der Waals surface area contributed by atoms with E-state index < -0.39 is 22.9 Å². The number of rotatable bonds is 28. The molecule has 1 aromatic heterocycles. The summed E-state index contributed by atoms with van der Waals surface area (Å²) in [6.07, 6.45) is 26.6. The zero-order chi connectivity index (χ0) is 31.1. The molecule has 0 aliphatic rings. The highest BCUT2D eigenvalue weighted by Gasteiger charge is 2.46. The summed E-state index contributed by atoms with van der Waals surface area (Å²) < 4.78 is 0. The predicted octanol–water partition coefficient (Wildman–Crippen LogP) is 9.64. The number of aromatic nitrogens is 1. The van der Waals surface area contributed by atoms with Gasteiger partial charge in [-0.3, -0.25) is 19.4 Å². The van der Waals surface area contributed by atoms with Crippen molar-refractivity contribution in [2.45, 2.75) is 180 Å². The van der Waals surface area contributed by atoms with Crippen molar-refractivity contribution in [1.29, 1.82) is 0 Å². The minimum Gasteiger partial charge on any atom is -0.505 e. The van der Waals surface area contributed by atoms with E-state index in [-0.39, 0.29) is 29.7 Å². The van der Waals surface area contributed by atoms with Gasteiger partial charge in [0.1, 0.15) is 5.75 Å². The topological polar surface area (TPSA) is 105 Å². The van der Waals surface area contributed by atoms with Crippen molar-refractivity contribution in [3.8, 4) is 5.75 Å². The van der Waals surface area contributed by atoms with Gasteiger partial charge in [0.2, 0.25) is 5.60 Å². The molecular weight excluding hydrogens is 526 g/mol. The molecule has 0 fully saturated rings. The first-order valence-corrected chi connectivity index (χ1v) is 17.3. The molecule has 0 aliphatic heterocycles. The number of hydrogen-bond acceptors (Lipinski definition) is 6. The molecule has 0 aliphatic carbocycles. The van der Waals surface area contributed by atoms with Crippen molar-refractivity contribution in [1.82, 2.24) is 4.98 Å². The average Bonchev–Trinajstić information content (AvgIpc) is 2.99. The van der Waals surface area contributed by atoms with Crippen LogP contribution in [0.5, 0.6) is 5.75 Å². The molecule has 0 unspecified atom stereocenters. The highest BCUT2D eigenvalue weighted by Crippen LogP contribution is 2.34. The van der Waals surface area contributed by atoms with Gasteiger partial charge in [-0.05, 0) is 19.8 Å². The number of aryl methyl sites for hydroxylation is 1. The van der Waals surface area contributed by atoms with Crippen LogP contribution < -0.4 is 0 Å². The molecule has 2 N–H and O–H groups in total. The van der Waals surface area contributed by atoms with Crippen LogP contribution in [0.2, 0.25) is 0 Å². The molecule has 0 amide bonds. The van der Waals surface area contributed by atoms with Gasteiger partial charge in [-0.15, -0.1) is 0 Å². The van der Waals surface area contributed by atoms with E-state index in [1.165, 1.54) is 103 Å². The second-order valence-electron chi connectivity index (χ2n) is 12.3.